The fraction of sp³-hybridized carbons (Fsp3) is 0.771. The number of aliphatic hydroxyl groups excluding tert-OH is 8. The number of nitro groups is 1. The van der Waals surface area contributed by atoms with E-state index >= 15 is 0 Å². The van der Waals surface area contributed by atoms with E-state index in [-0.39, 0.29) is 55.9 Å². The zero-order valence-electron chi connectivity index (χ0n) is 30.0. The van der Waals surface area contributed by atoms with E-state index < -0.39 is 110 Å². The summed E-state index contributed by atoms with van der Waals surface area (Å²) in [4.78, 5) is 34.8. The molecule has 1 aromatic rings. The summed E-state index contributed by atoms with van der Waals surface area (Å²) in [7, 11) is 0. The van der Waals surface area contributed by atoms with Crippen LogP contribution in [0.1, 0.15) is 64.7 Å². The first-order valence-electron chi connectivity index (χ1n) is 18.2. The third-order valence-electron chi connectivity index (χ3n) is 9.95. The maximum atomic E-state index is 12.5. The molecule has 2 saturated heterocycles. The van der Waals surface area contributed by atoms with Gasteiger partial charge in [-0.05, 0) is 51.2 Å². The van der Waals surface area contributed by atoms with E-state index in [2.05, 4.69) is 0 Å². The lowest BCUT2D eigenvalue weighted by Crippen LogP contribution is -2.65. The molecule has 0 amide bonds. The van der Waals surface area contributed by atoms with Gasteiger partial charge in [-0.3, -0.25) is 19.7 Å². The molecule has 2 heterocycles. The molecule has 0 radical (unpaired) electrons. The van der Waals surface area contributed by atoms with Crippen molar-refractivity contribution in [2.45, 2.75) is 144 Å². The number of ether oxygens (including phenoxy) is 6. The lowest BCUT2D eigenvalue weighted by molar-refractivity contribution is -0.384. The maximum Gasteiger partial charge on any atom is 0.311 e. The van der Waals surface area contributed by atoms with Crippen molar-refractivity contribution >= 4 is 17.4 Å². The number of esters is 1. The summed E-state index contributed by atoms with van der Waals surface area (Å²) in [5, 5.41) is 93.7. The Morgan fingerprint density at radius 2 is 1.46 bits per heavy atom. The number of carbonyl (C=O) groups excluding carboxylic acids is 2. The predicted octanol–water partition coefficient (Wildman–Crippen LogP) is -1.01. The Kier molecular flexibility index (Phi) is 17.1. The average molecular weight is 776 g/mol. The van der Waals surface area contributed by atoms with Gasteiger partial charge in [0.05, 0.1) is 35.9 Å². The van der Waals surface area contributed by atoms with Crippen molar-refractivity contribution in [3.8, 4) is 5.75 Å². The van der Waals surface area contributed by atoms with Gasteiger partial charge in [0.1, 0.15) is 54.3 Å². The highest BCUT2D eigenvalue weighted by Gasteiger charge is 2.52. The van der Waals surface area contributed by atoms with E-state index in [0.717, 1.165) is 0 Å². The largest absolute Gasteiger partial charge is 0.427 e. The van der Waals surface area contributed by atoms with Crippen LogP contribution in [0.3, 0.4) is 0 Å². The van der Waals surface area contributed by atoms with Gasteiger partial charge in [-0.2, -0.15) is 0 Å². The lowest BCUT2D eigenvalue weighted by atomic mass is 9.81. The SMILES string of the molecule is CC1O[C@@H](OC2[C@H](OCCCCC(=O)CCCCC(=O)Oc3ccc([N+](=O)[O-])cc3)OC(CO)[C@H](O)[C@@H]2O[C@H]2CC(CO)[C@H](O)[C@H](O)C2O)C[C@@H](O)[C@@H]1O. The van der Waals surface area contributed by atoms with E-state index in [1.165, 1.54) is 31.2 Å². The first kappa shape index (κ1) is 44.0. The van der Waals surface area contributed by atoms with Crippen LogP contribution in [0.4, 0.5) is 5.69 Å². The van der Waals surface area contributed by atoms with Gasteiger partial charge in [-0.1, -0.05) is 0 Å². The minimum atomic E-state index is -1.68. The van der Waals surface area contributed by atoms with Crippen LogP contribution in [0.25, 0.3) is 0 Å². The molecule has 306 valence electrons. The molecule has 54 heavy (non-hydrogen) atoms. The number of nitrogens with zero attached hydrogens (tertiary/aromatic N) is 1. The molecule has 3 fully saturated rings. The van der Waals surface area contributed by atoms with Crippen LogP contribution in [-0.2, 0) is 33.3 Å². The highest BCUT2D eigenvalue weighted by molar-refractivity contribution is 5.78. The van der Waals surface area contributed by atoms with Gasteiger partial charge in [0, 0.05) is 56.9 Å². The molecule has 8 N–H and O–H groups in total. The van der Waals surface area contributed by atoms with Crippen molar-refractivity contribution in [1.82, 2.24) is 0 Å². The Morgan fingerprint density at radius 1 is 0.796 bits per heavy atom. The molecule has 3 aliphatic rings. The summed E-state index contributed by atoms with van der Waals surface area (Å²) in [6, 6.07) is 5.11. The number of Topliss-reactive ketones (excluding diaryl/α,β-unsaturated/α-hetero) is 1. The summed E-state index contributed by atoms with van der Waals surface area (Å²) in [5.74, 6) is -1.24. The summed E-state index contributed by atoms with van der Waals surface area (Å²) >= 11 is 0. The molecule has 1 aliphatic carbocycles. The second kappa shape index (κ2) is 21.0. The quantitative estimate of drug-likeness (QED) is 0.0274. The number of hydrogen-bond donors (Lipinski definition) is 8. The fourth-order valence-electron chi connectivity index (χ4n) is 6.72. The van der Waals surface area contributed by atoms with Gasteiger partial charge < -0.3 is 69.3 Å². The van der Waals surface area contributed by atoms with Gasteiger partial charge in [0.15, 0.2) is 12.6 Å². The summed E-state index contributed by atoms with van der Waals surface area (Å²) in [5.41, 5.74) is -0.128. The molecule has 5 unspecified atom stereocenters. The number of benzene rings is 1. The van der Waals surface area contributed by atoms with Crippen LogP contribution in [0.5, 0.6) is 5.75 Å². The van der Waals surface area contributed by atoms with E-state index in [0.29, 0.717) is 25.7 Å². The Bertz CT molecular complexity index is 1320. The first-order valence-corrected chi connectivity index (χ1v) is 18.2. The number of ketones is 1. The molecule has 2 aliphatic heterocycles. The number of non-ortho nitro benzene ring substituents is 1. The monoisotopic (exact) mass is 775 g/mol. The number of hydrogen-bond acceptors (Lipinski definition) is 18. The molecule has 14 atom stereocenters. The van der Waals surface area contributed by atoms with Crippen molar-refractivity contribution in [3.05, 3.63) is 34.4 Å². The van der Waals surface area contributed by atoms with Crippen LogP contribution in [0.2, 0.25) is 0 Å². The van der Waals surface area contributed by atoms with Crippen molar-refractivity contribution in [3.63, 3.8) is 0 Å². The Labute approximate surface area is 311 Å². The van der Waals surface area contributed by atoms with Gasteiger partial charge in [0.2, 0.25) is 0 Å². The fourth-order valence-corrected chi connectivity index (χ4v) is 6.72. The van der Waals surface area contributed by atoms with Crippen LogP contribution < -0.4 is 4.74 Å². The highest BCUT2D eigenvalue weighted by Crippen LogP contribution is 2.35. The van der Waals surface area contributed by atoms with Crippen LogP contribution in [0.15, 0.2) is 24.3 Å². The Balaban J connectivity index is 1.29. The van der Waals surface area contributed by atoms with Gasteiger partial charge in [0.25, 0.3) is 5.69 Å². The summed E-state index contributed by atoms with van der Waals surface area (Å²) in [6.07, 6.45) is -15.3. The lowest BCUT2D eigenvalue weighted by Gasteiger charge is -2.48. The normalized spacial score (nSPS) is 35.7. The Morgan fingerprint density at radius 3 is 2.09 bits per heavy atom. The molecular formula is C35H53NO18. The molecule has 1 saturated carbocycles. The zero-order chi connectivity index (χ0) is 39.5. The average Bonchev–Trinajstić information content (AvgIpc) is 3.14. The standard InChI is InChI=1S/C35H53NO18/c1-18-28(42)23(40)15-27(50-18)54-34-33(52-24-14-19(16-37)29(43)32(46)30(24)44)31(45)25(17-38)53-35(34)49-13-5-4-7-21(39)6-2-3-8-26(41)51-22-11-9-20(10-12-22)36(47)48/h9-12,18-19,23-25,27-35,37-38,40,42-46H,2-8,13-17H2,1H3/t18?,19?,23-,24+,25?,27+,28-,29+,30?,31+,32+,33+,34?,35-/m1/s1. The second-order valence-electron chi connectivity index (χ2n) is 14.0. The summed E-state index contributed by atoms with van der Waals surface area (Å²) < 4.78 is 35.0. The number of aliphatic hydroxyl groups is 8. The van der Waals surface area contributed by atoms with E-state index in [9.17, 15) is 60.6 Å². The van der Waals surface area contributed by atoms with Crippen molar-refractivity contribution in [1.29, 1.82) is 0 Å². The molecule has 0 aromatic heterocycles. The van der Waals surface area contributed by atoms with Crippen LogP contribution in [0, 0.1) is 16.0 Å². The maximum absolute atomic E-state index is 12.5. The molecule has 0 spiro atoms. The van der Waals surface area contributed by atoms with Gasteiger partial charge in [-0.15, -0.1) is 0 Å². The smallest absolute Gasteiger partial charge is 0.311 e. The number of nitro benzene ring substituents is 1. The van der Waals surface area contributed by atoms with Gasteiger partial charge >= 0.3 is 5.97 Å². The minimum absolute atomic E-state index is 0.0278. The number of unbranched alkanes of at least 4 members (excludes halogenated alkanes) is 2. The van der Waals surface area contributed by atoms with E-state index in [4.69, 9.17) is 28.4 Å². The molecule has 0 bridgehead atoms. The third-order valence-corrected chi connectivity index (χ3v) is 9.95. The topological polar surface area (TPSA) is 294 Å². The van der Waals surface area contributed by atoms with Crippen molar-refractivity contribution in [2.24, 2.45) is 5.92 Å². The molecule has 1 aromatic carbocycles. The zero-order valence-corrected chi connectivity index (χ0v) is 30.0. The molecular weight excluding hydrogens is 722 g/mol. The predicted molar refractivity (Wildman–Crippen MR) is 181 cm³/mol. The van der Waals surface area contributed by atoms with Crippen LogP contribution in [-0.4, -0.2) is 157 Å². The molecule has 4 rings (SSSR count). The second-order valence-corrected chi connectivity index (χ2v) is 14.0. The molecule has 19 heteroatoms. The highest BCUT2D eigenvalue weighted by atomic mass is 16.8. The minimum Gasteiger partial charge on any atom is -0.427 e. The van der Waals surface area contributed by atoms with E-state index in [1.807, 2.05) is 0 Å². The summed E-state index contributed by atoms with van der Waals surface area (Å²) in [6.45, 7) is 0.356. The van der Waals surface area contributed by atoms with E-state index in [1.54, 1.807) is 0 Å². The first-order chi connectivity index (χ1) is 25.7. The molecule has 19 nitrogen and oxygen atoms in total. The van der Waals surface area contributed by atoms with Crippen LogP contribution >= 0.6 is 0 Å². The Hall–Kier alpha value is -2.76. The number of carbonyl (C=O) groups is 2. The number of rotatable bonds is 19. The third kappa shape index (κ3) is 11.9. The van der Waals surface area contributed by atoms with Crippen molar-refractivity contribution < 1.29 is 83.8 Å². The van der Waals surface area contributed by atoms with Crippen molar-refractivity contribution in [2.75, 3.05) is 19.8 Å². The van der Waals surface area contributed by atoms with Gasteiger partial charge in [-0.25, -0.2) is 0 Å².